The van der Waals surface area contributed by atoms with Crippen molar-refractivity contribution in [3.05, 3.63) is 0 Å². The summed E-state index contributed by atoms with van der Waals surface area (Å²) in [5, 5.41) is 0. The Morgan fingerprint density at radius 1 is 1.27 bits per heavy atom. The molecule has 0 amide bonds. The van der Waals surface area contributed by atoms with E-state index in [-0.39, 0.29) is 5.97 Å². The van der Waals surface area contributed by atoms with Crippen molar-refractivity contribution in [1.82, 2.24) is 0 Å². The van der Waals surface area contributed by atoms with Gasteiger partial charge in [-0.3, -0.25) is 0 Å². The molecule has 90 valence electrons. The third kappa shape index (κ3) is 6.68. The van der Waals surface area contributed by atoms with Crippen LogP contribution in [0, 0.1) is 0 Å². The van der Waals surface area contributed by atoms with E-state index in [1.54, 1.807) is 13.8 Å². The number of carbonyl (C=O) groups excluding carboxylic acids is 1. The molecule has 0 bridgehead atoms. The molecule has 0 radical (unpaired) electrons. The maximum atomic E-state index is 11.7. The largest absolute Gasteiger partial charge is 0.464 e. The fraction of sp³-hybridized carbons (Fsp3) is 0.909. The number of carbonyl (C=O) groups is 1. The lowest BCUT2D eigenvalue weighted by atomic mass is 10.1. The summed E-state index contributed by atoms with van der Waals surface area (Å²) < 4.78 is 10.9. The van der Waals surface area contributed by atoms with Crippen LogP contribution in [0.5, 0.6) is 0 Å². The molecule has 0 N–H and O–H groups in total. The molecule has 0 aromatic rings. The van der Waals surface area contributed by atoms with Crippen molar-refractivity contribution in [2.24, 2.45) is 0 Å². The zero-order valence-corrected chi connectivity index (χ0v) is 11.8. The minimum atomic E-state index is -1.70. The van der Waals surface area contributed by atoms with Crippen LogP contribution in [0.4, 0.5) is 0 Å². The summed E-state index contributed by atoms with van der Waals surface area (Å²) in [6.07, 6.45) is 1.94. The van der Waals surface area contributed by atoms with Crippen LogP contribution in [0.3, 0.4) is 0 Å². The molecule has 15 heavy (non-hydrogen) atoms. The molecule has 0 rings (SSSR count). The molecular weight excluding hydrogens is 208 g/mol. The molecule has 0 saturated heterocycles. The first kappa shape index (κ1) is 14.6. The first-order chi connectivity index (χ1) is 6.69. The van der Waals surface area contributed by atoms with Gasteiger partial charge in [-0.2, -0.15) is 0 Å². The van der Waals surface area contributed by atoms with Crippen LogP contribution in [0.2, 0.25) is 19.6 Å². The molecular formula is C11H24O3Si. The minimum absolute atomic E-state index is 0.252. The summed E-state index contributed by atoms with van der Waals surface area (Å²) in [4.78, 5) is 11.7. The summed E-state index contributed by atoms with van der Waals surface area (Å²) in [5.74, 6) is -0.252. The fourth-order valence-corrected chi connectivity index (χ4v) is 2.90. The van der Waals surface area contributed by atoms with Crippen molar-refractivity contribution in [2.45, 2.75) is 58.9 Å². The molecule has 4 heteroatoms. The zero-order chi connectivity index (χ0) is 12.1. The van der Waals surface area contributed by atoms with Gasteiger partial charge in [0.15, 0.2) is 8.32 Å². The van der Waals surface area contributed by atoms with Gasteiger partial charge in [-0.1, -0.05) is 13.3 Å². The van der Waals surface area contributed by atoms with Gasteiger partial charge < -0.3 is 9.16 Å². The summed E-state index contributed by atoms with van der Waals surface area (Å²) in [7, 11) is -1.70. The van der Waals surface area contributed by atoms with E-state index in [2.05, 4.69) is 26.6 Å². The van der Waals surface area contributed by atoms with E-state index in [0.29, 0.717) is 6.61 Å². The molecule has 0 aliphatic carbocycles. The van der Waals surface area contributed by atoms with E-state index >= 15 is 0 Å². The second kappa shape index (κ2) is 5.65. The molecule has 0 atom stereocenters. The number of rotatable bonds is 6. The maximum Gasteiger partial charge on any atom is 0.336 e. The fourth-order valence-electron chi connectivity index (χ4n) is 1.29. The first-order valence-corrected chi connectivity index (χ1v) is 8.97. The lowest BCUT2D eigenvalue weighted by Gasteiger charge is -2.30. The van der Waals surface area contributed by atoms with E-state index in [1.165, 1.54) is 0 Å². The third-order valence-corrected chi connectivity index (χ3v) is 2.91. The normalized spacial score (nSPS) is 12.7. The lowest BCUT2D eigenvalue weighted by Crippen LogP contribution is -2.45. The predicted molar refractivity (Wildman–Crippen MR) is 64.4 cm³/mol. The average Bonchev–Trinajstić information content (AvgIpc) is 2.00. The minimum Gasteiger partial charge on any atom is -0.464 e. The number of hydrogen-bond donors (Lipinski definition) is 0. The summed E-state index contributed by atoms with van der Waals surface area (Å²) in [5.41, 5.74) is -0.807. The van der Waals surface area contributed by atoms with Crippen LogP contribution in [0.15, 0.2) is 0 Å². The van der Waals surface area contributed by atoms with Crippen LogP contribution >= 0.6 is 0 Å². The highest BCUT2D eigenvalue weighted by Crippen LogP contribution is 2.18. The van der Waals surface area contributed by atoms with Gasteiger partial charge in [-0.15, -0.1) is 0 Å². The Hall–Kier alpha value is -0.353. The van der Waals surface area contributed by atoms with Gasteiger partial charge in [-0.05, 0) is 39.9 Å². The molecule has 0 heterocycles. The van der Waals surface area contributed by atoms with Crippen molar-refractivity contribution >= 4 is 14.3 Å². The van der Waals surface area contributed by atoms with Gasteiger partial charge in [0.2, 0.25) is 0 Å². The Morgan fingerprint density at radius 3 is 2.20 bits per heavy atom. The van der Waals surface area contributed by atoms with Crippen molar-refractivity contribution in [2.75, 3.05) is 6.61 Å². The van der Waals surface area contributed by atoms with Gasteiger partial charge in [0, 0.05) is 0 Å². The van der Waals surface area contributed by atoms with E-state index in [9.17, 15) is 4.79 Å². The van der Waals surface area contributed by atoms with E-state index in [4.69, 9.17) is 9.16 Å². The number of hydrogen-bond acceptors (Lipinski definition) is 3. The molecule has 3 nitrogen and oxygen atoms in total. The van der Waals surface area contributed by atoms with Gasteiger partial charge in [0.05, 0.1) is 6.61 Å². The van der Waals surface area contributed by atoms with E-state index < -0.39 is 13.9 Å². The van der Waals surface area contributed by atoms with Gasteiger partial charge in [0.1, 0.15) is 5.60 Å². The van der Waals surface area contributed by atoms with Crippen LogP contribution in [-0.2, 0) is 14.0 Å². The Kier molecular flexibility index (Phi) is 5.52. The smallest absolute Gasteiger partial charge is 0.336 e. The third-order valence-electron chi connectivity index (χ3n) is 1.78. The SMILES string of the molecule is CCCCOC(=O)C(C)(C)O[Si](C)(C)C. The Bertz CT molecular complexity index is 206. The maximum absolute atomic E-state index is 11.7. The molecule has 0 saturated carbocycles. The highest BCUT2D eigenvalue weighted by Gasteiger charge is 2.35. The molecule has 0 aliphatic rings. The predicted octanol–water partition coefficient (Wildman–Crippen LogP) is 2.96. The second-order valence-corrected chi connectivity index (χ2v) is 9.64. The van der Waals surface area contributed by atoms with Crippen molar-refractivity contribution in [3.8, 4) is 0 Å². The van der Waals surface area contributed by atoms with Crippen LogP contribution in [-0.4, -0.2) is 26.5 Å². The topological polar surface area (TPSA) is 35.5 Å². The van der Waals surface area contributed by atoms with Crippen LogP contribution < -0.4 is 0 Å². The Morgan fingerprint density at radius 2 is 1.80 bits per heavy atom. The Balaban J connectivity index is 4.14. The molecule has 0 aromatic carbocycles. The Labute approximate surface area is 94.3 Å². The zero-order valence-electron chi connectivity index (χ0n) is 10.8. The second-order valence-electron chi connectivity index (χ2n) is 5.21. The highest BCUT2D eigenvalue weighted by atomic mass is 28.4. The number of unbranched alkanes of at least 4 members (excludes halogenated alkanes) is 1. The average molecular weight is 232 g/mol. The molecule has 0 aromatic heterocycles. The summed E-state index contributed by atoms with van der Waals surface area (Å²) in [6.45, 7) is 12.3. The molecule has 0 spiro atoms. The van der Waals surface area contributed by atoms with Crippen molar-refractivity contribution in [1.29, 1.82) is 0 Å². The van der Waals surface area contributed by atoms with Crippen LogP contribution in [0.1, 0.15) is 33.6 Å². The summed E-state index contributed by atoms with van der Waals surface area (Å²) >= 11 is 0. The van der Waals surface area contributed by atoms with Crippen molar-refractivity contribution in [3.63, 3.8) is 0 Å². The van der Waals surface area contributed by atoms with Crippen LogP contribution in [0.25, 0.3) is 0 Å². The molecule has 0 aliphatic heterocycles. The number of ether oxygens (including phenoxy) is 1. The highest BCUT2D eigenvalue weighted by molar-refractivity contribution is 6.70. The van der Waals surface area contributed by atoms with Crippen molar-refractivity contribution < 1.29 is 14.0 Å². The summed E-state index contributed by atoms with van der Waals surface area (Å²) in [6, 6.07) is 0. The first-order valence-electron chi connectivity index (χ1n) is 5.56. The molecule has 0 unspecified atom stereocenters. The van der Waals surface area contributed by atoms with Gasteiger partial charge >= 0.3 is 5.97 Å². The van der Waals surface area contributed by atoms with E-state index in [1.807, 2.05) is 0 Å². The van der Waals surface area contributed by atoms with E-state index in [0.717, 1.165) is 12.8 Å². The quantitative estimate of drug-likeness (QED) is 0.401. The van der Waals surface area contributed by atoms with Gasteiger partial charge in [0.25, 0.3) is 0 Å². The van der Waals surface area contributed by atoms with Gasteiger partial charge in [-0.25, -0.2) is 4.79 Å². The molecule has 0 fully saturated rings. The monoisotopic (exact) mass is 232 g/mol. The standard InChI is InChI=1S/C11H24O3Si/c1-7-8-9-13-10(12)11(2,3)14-15(4,5)6/h7-9H2,1-6H3. The lowest BCUT2D eigenvalue weighted by molar-refractivity contribution is -0.160. The number of esters is 1.